The number of benzene rings is 2. The lowest BCUT2D eigenvalue weighted by atomic mass is 9.55. The van der Waals surface area contributed by atoms with E-state index in [9.17, 15) is 10.2 Å². The molecule has 0 bridgehead atoms. The van der Waals surface area contributed by atoms with Crippen molar-refractivity contribution in [3.8, 4) is 11.5 Å². The highest BCUT2D eigenvalue weighted by atomic mass is 32.2. The molecule has 2 aromatic carbocycles. The number of nitrogens with zero attached hydrogens (tertiary/aromatic N) is 4. The number of pyridine rings is 2. The summed E-state index contributed by atoms with van der Waals surface area (Å²) < 4.78 is 58.6. The number of oxime groups is 1. The van der Waals surface area contributed by atoms with Crippen molar-refractivity contribution in [2.24, 2.45) is 22.9 Å². The molecule has 2 fully saturated rings. The van der Waals surface area contributed by atoms with Crippen LogP contribution in [-0.4, -0.2) is 90.2 Å². The van der Waals surface area contributed by atoms with Crippen LogP contribution in [-0.2, 0) is 30.9 Å². The average molecular weight is 881 g/mol. The number of likely N-dealkylation sites (N-methyl/N-ethyl adjacent to an activating group) is 1. The molecule has 63 heavy (non-hydrogen) atoms. The van der Waals surface area contributed by atoms with Gasteiger partial charge in [-0.3, -0.25) is 9.97 Å². The number of aromatic nitrogens is 2. The molecule has 0 radical (unpaired) electrons. The summed E-state index contributed by atoms with van der Waals surface area (Å²) in [4.78, 5) is 15.5. The molecule has 13 nitrogen and oxygen atoms in total. The first-order valence-corrected chi connectivity index (χ1v) is 23.9. The number of fused-ring (bicyclic) bond motifs is 3. The van der Waals surface area contributed by atoms with Crippen molar-refractivity contribution in [3.63, 3.8) is 0 Å². The van der Waals surface area contributed by atoms with Gasteiger partial charge in [-0.15, -0.1) is 6.58 Å². The second-order valence-electron chi connectivity index (χ2n) is 17.1. The van der Waals surface area contributed by atoms with Gasteiger partial charge in [0.15, 0.2) is 0 Å². The smallest absolute Gasteiger partial charge is 0.245 e. The number of aliphatic hydroxyl groups excluding tert-OH is 2. The van der Waals surface area contributed by atoms with Gasteiger partial charge < -0.3 is 34.0 Å². The highest BCUT2D eigenvalue weighted by molar-refractivity contribution is 7.89. The SMILES string of the molecule is C=CCO[C@@]12Oc3ccc(OCc4cccc(C)n4)cc3[C@H]3[C@H](CCCCO)[C@@H](CCCCO)C=C(C(=NOC4CCCCO4)C[C@@H]1N(C)S(=O)(=O)c1cccc4cccnc14)[C@H]32. The Labute approximate surface area is 370 Å². The predicted molar refractivity (Wildman–Crippen MR) is 240 cm³/mol. The number of unbranched alkanes of at least 4 members (excludes halogenated alkanes) is 2. The van der Waals surface area contributed by atoms with E-state index >= 15 is 8.42 Å². The molecule has 1 saturated heterocycles. The Hall–Kier alpha value is -4.70. The summed E-state index contributed by atoms with van der Waals surface area (Å²) in [5.41, 5.74) is 4.47. The van der Waals surface area contributed by atoms with Crippen LogP contribution in [0.4, 0.5) is 0 Å². The van der Waals surface area contributed by atoms with Gasteiger partial charge in [-0.2, -0.15) is 4.31 Å². The third-order valence-electron chi connectivity index (χ3n) is 13.1. The number of hydrogen-bond acceptors (Lipinski definition) is 12. The quantitative estimate of drug-likeness (QED) is 0.0534. The van der Waals surface area contributed by atoms with Crippen LogP contribution in [0.1, 0.15) is 87.1 Å². The zero-order valence-electron chi connectivity index (χ0n) is 36.3. The van der Waals surface area contributed by atoms with Crippen LogP contribution in [0.15, 0.2) is 107 Å². The van der Waals surface area contributed by atoms with Crippen LogP contribution in [0.25, 0.3) is 10.9 Å². The summed E-state index contributed by atoms with van der Waals surface area (Å²) in [5, 5.41) is 25.5. The van der Waals surface area contributed by atoms with E-state index in [0.29, 0.717) is 54.0 Å². The van der Waals surface area contributed by atoms with Crippen molar-refractivity contribution in [2.45, 2.75) is 107 Å². The van der Waals surface area contributed by atoms with Crippen LogP contribution in [0.2, 0.25) is 0 Å². The molecule has 2 N–H and O–H groups in total. The molecule has 4 aliphatic rings. The van der Waals surface area contributed by atoms with Gasteiger partial charge in [-0.25, -0.2) is 8.42 Å². The van der Waals surface area contributed by atoms with Crippen LogP contribution >= 0.6 is 0 Å². The van der Waals surface area contributed by atoms with Crippen LogP contribution in [0.3, 0.4) is 0 Å². The van der Waals surface area contributed by atoms with E-state index in [1.807, 2.05) is 49.4 Å². The molecular weight excluding hydrogens is 821 g/mol. The number of aryl methyl sites for hydroxylation is 1. The number of sulfonamides is 1. The number of aliphatic hydroxyl groups is 2. The van der Waals surface area contributed by atoms with Gasteiger partial charge in [0.05, 0.1) is 42.1 Å². The van der Waals surface area contributed by atoms with E-state index in [4.69, 9.17) is 28.9 Å². The van der Waals surface area contributed by atoms with E-state index in [1.54, 1.807) is 37.5 Å². The first-order valence-electron chi connectivity index (χ1n) is 22.4. The lowest BCUT2D eigenvalue weighted by molar-refractivity contribution is -0.250. The Balaban J connectivity index is 1.32. The van der Waals surface area contributed by atoms with Crippen LogP contribution < -0.4 is 9.47 Å². The maximum atomic E-state index is 15.2. The molecular formula is C49H60N4O9S. The minimum atomic E-state index is -4.27. The first-order chi connectivity index (χ1) is 30.7. The van der Waals surface area contributed by atoms with Crippen LogP contribution in [0, 0.1) is 24.7 Å². The molecule has 14 heteroatoms. The van der Waals surface area contributed by atoms with Crippen molar-refractivity contribution in [1.82, 2.24) is 14.3 Å². The van der Waals surface area contributed by atoms with Gasteiger partial charge in [-0.1, -0.05) is 54.4 Å². The molecule has 0 amide bonds. The molecule has 0 spiro atoms. The van der Waals surface area contributed by atoms with E-state index in [2.05, 4.69) is 28.7 Å². The van der Waals surface area contributed by atoms with Gasteiger partial charge in [0.2, 0.25) is 22.1 Å². The van der Waals surface area contributed by atoms with Crippen molar-refractivity contribution >= 4 is 26.6 Å². The number of para-hydroxylation sites is 1. The van der Waals surface area contributed by atoms with Crippen LogP contribution in [0.5, 0.6) is 11.5 Å². The lowest BCUT2D eigenvalue weighted by Gasteiger charge is -2.59. The first kappa shape index (κ1) is 44.9. The Morgan fingerprint density at radius 3 is 2.60 bits per heavy atom. The molecule has 8 rings (SSSR count). The second-order valence-corrected chi connectivity index (χ2v) is 19.1. The average Bonchev–Trinajstić information content (AvgIpc) is 3.30. The molecule has 7 atom stereocenters. The van der Waals surface area contributed by atoms with Gasteiger partial charge in [-0.05, 0) is 105 Å². The number of ether oxygens (including phenoxy) is 4. The summed E-state index contributed by atoms with van der Waals surface area (Å²) in [7, 11) is -2.69. The van der Waals surface area contributed by atoms with Crippen molar-refractivity contribution in [3.05, 3.63) is 114 Å². The summed E-state index contributed by atoms with van der Waals surface area (Å²) in [6, 6.07) is 19.5. The fraction of sp³-hybridized carbons (Fsp3) is 0.490. The highest BCUT2D eigenvalue weighted by Crippen LogP contribution is 2.62. The van der Waals surface area contributed by atoms with Gasteiger partial charge in [0, 0.05) is 61.9 Å². The van der Waals surface area contributed by atoms with E-state index in [-0.39, 0.29) is 55.5 Å². The summed E-state index contributed by atoms with van der Waals surface area (Å²) >= 11 is 0. The van der Waals surface area contributed by atoms with E-state index in [1.165, 1.54) is 4.31 Å². The minimum absolute atomic E-state index is 0.00110. The second kappa shape index (κ2) is 20.0. The zero-order valence-corrected chi connectivity index (χ0v) is 37.1. The molecule has 4 heterocycles. The number of allylic oxidation sites excluding steroid dienone is 1. The van der Waals surface area contributed by atoms with Crippen molar-refractivity contribution in [2.75, 3.05) is 33.5 Å². The van der Waals surface area contributed by atoms with E-state index in [0.717, 1.165) is 61.0 Å². The molecule has 2 aliphatic heterocycles. The fourth-order valence-electron chi connectivity index (χ4n) is 10.2. The lowest BCUT2D eigenvalue weighted by Crippen LogP contribution is -2.69. The predicted octanol–water partition coefficient (Wildman–Crippen LogP) is 8.00. The Bertz CT molecular complexity index is 2400. The third-order valence-corrected chi connectivity index (χ3v) is 15.0. The monoisotopic (exact) mass is 880 g/mol. The van der Waals surface area contributed by atoms with E-state index < -0.39 is 34.1 Å². The molecule has 4 aromatic rings. The standard InChI is InChI=1S/C49H60N4O9S/c1-4-27-60-49-44(53(3)63(56,57)43-20-12-16-34-17-13-24-50-48(34)43)31-41(52-62-45-21-7-10-28-58-45)39-29-35(15-5-8-25-54)38(19-6-9-26-55)46(47(39)49)40-30-37(22-23-42(40)61-49)59-32-36-18-11-14-33(2)51-36/h4,11-14,16-18,20,22-24,29-30,35,38,44-47,54-55H,1,5-10,15,19,21,25-28,31-32H2,2-3H3/t35-,38+,44-,45?,46+,47+,49+/m0/s1. The summed E-state index contributed by atoms with van der Waals surface area (Å²) in [6.07, 6.45) is 12.1. The Morgan fingerprint density at radius 1 is 1.02 bits per heavy atom. The largest absolute Gasteiger partial charge is 0.487 e. The normalized spacial score (nSPS) is 26.1. The van der Waals surface area contributed by atoms with Gasteiger partial charge in [0.25, 0.3) is 0 Å². The third kappa shape index (κ3) is 9.30. The fourth-order valence-corrected chi connectivity index (χ4v) is 11.7. The topological polar surface area (TPSA) is 162 Å². The van der Waals surface area contributed by atoms with Crippen molar-refractivity contribution < 1.29 is 42.4 Å². The summed E-state index contributed by atoms with van der Waals surface area (Å²) in [6.45, 7) is 7.04. The Kier molecular flexibility index (Phi) is 14.2. The maximum absolute atomic E-state index is 15.2. The maximum Gasteiger partial charge on any atom is 0.245 e. The van der Waals surface area contributed by atoms with Gasteiger partial charge in [0.1, 0.15) is 23.0 Å². The number of hydrogen-bond donors (Lipinski definition) is 2. The van der Waals surface area contributed by atoms with Gasteiger partial charge >= 0.3 is 0 Å². The minimum Gasteiger partial charge on any atom is -0.487 e. The zero-order chi connectivity index (χ0) is 44.0. The number of rotatable bonds is 19. The molecule has 1 unspecified atom stereocenters. The molecule has 1 saturated carbocycles. The molecule has 2 aliphatic carbocycles. The Morgan fingerprint density at radius 2 is 1.83 bits per heavy atom. The summed E-state index contributed by atoms with van der Waals surface area (Å²) in [5.74, 6) is -1.19. The molecule has 2 aromatic heterocycles. The highest BCUT2D eigenvalue weighted by Gasteiger charge is 2.66. The van der Waals surface area contributed by atoms with Crippen molar-refractivity contribution in [1.29, 1.82) is 0 Å². The molecule has 336 valence electrons.